The van der Waals surface area contributed by atoms with Crippen molar-refractivity contribution in [1.29, 1.82) is 0 Å². The number of amides is 1. The van der Waals surface area contributed by atoms with Crippen molar-refractivity contribution in [2.24, 2.45) is 11.8 Å². The second kappa shape index (κ2) is 9.51. The van der Waals surface area contributed by atoms with E-state index in [1.165, 1.54) is 6.42 Å². The van der Waals surface area contributed by atoms with Gasteiger partial charge in [-0.05, 0) is 49.4 Å². The molecule has 1 heterocycles. The third-order valence-corrected chi connectivity index (χ3v) is 4.94. The Balaban J connectivity index is 0.00000264. The van der Waals surface area contributed by atoms with Crippen LogP contribution in [0.5, 0.6) is 0 Å². The minimum Gasteiger partial charge on any atom is -0.338 e. The van der Waals surface area contributed by atoms with Crippen molar-refractivity contribution >= 4 is 29.9 Å². The lowest BCUT2D eigenvalue weighted by atomic mass is 9.94. The summed E-state index contributed by atoms with van der Waals surface area (Å²) in [6.45, 7) is 6.41. The van der Waals surface area contributed by atoms with Crippen molar-refractivity contribution in [1.82, 2.24) is 10.2 Å². The van der Waals surface area contributed by atoms with Gasteiger partial charge >= 0.3 is 0 Å². The Hall–Kier alpha value is -0.770. The van der Waals surface area contributed by atoms with Crippen LogP contribution in [0.25, 0.3) is 0 Å². The smallest absolute Gasteiger partial charge is 0.222 e. The number of carbonyl (C=O) groups excluding carboxylic acids is 1. The van der Waals surface area contributed by atoms with Crippen molar-refractivity contribution in [2.75, 3.05) is 20.1 Å². The highest BCUT2D eigenvalue weighted by Crippen LogP contribution is 2.33. The van der Waals surface area contributed by atoms with Crippen LogP contribution in [0.4, 0.5) is 0 Å². The van der Waals surface area contributed by atoms with Crippen LogP contribution in [0.3, 0.4) is 0 Å². The van der Waals surface area contributed by atoms with E-state index in [1.54, 1.807) is 0 Å². The molecule has 1 amide bonds. The Morgan fingerprint density at radius 2 is 2.09 bits per heavy atom. The maximum atomic E-state index is 12.6. The molecule has 2 unspecified atom stereocenters. The monoisotopic (exact) mass is 358 g/mol. The lowest BCUT2D eigenvalue weighted by Crippen LogP contribution is -2.34. The molecular formula is C18H28Cl2N2O. The lowest BCUT2D eigenvalue weighted by Gasteiger charge is -2.32. The highest BCUT2D eigenvalue weighted by atomic mass is 35.5. The van der Waals surface area contributed by atoms with Gasteiger partial charge in [-0.25, -0.2) is 0 Å². The number of hydrogen-bond donors (Lipinski definition) is 1. The zero-order chi connectivity index (χ0) is 16.1. The van der Waals surface area contributed by atoms with E-state index in [1.807, 2.05) is 36.2 Å². The van der Waals surface area contributed by atoms with Crippen LogP contribution in [0.1, 0.15) is 44.7 Å². The molecule has 1 aliphatic heterocycles. The van der Waals surface area contributed by atoms with Crippen LogP contribution >= 0.6 is 24.0 Å². The molecule has 3 nitrogen and oxygen atoms in total. The number of nitrogens with zero attached hydrogens (tertiary/aromatic N) is 1. The Bertz CT molecular complexity index is 502. The number of carbonyl (C=O) groups is 1. The largest absolute Gasteiger partial charge is 0.338 e. The summed E-state index contributed by atoms with van der Waals surface area (Å²) in [5, 5.41) is 4.09. The number of hydrogen-bond acceptors (Lipinski definition) is 2. The molecule has 1 fully saturated rings. The molecule has 1 saturated heterocycles. The molecule has 0 radical (unpaired) electrons. The van der Waals surface area contributed by atoms with Crippen molar-refractivity contribution in [3.05, 3.63) is 34.9 Å². The van der Waals surface area contributed by atoms with E-state index >= 15 is 0 Å². The Morgan fingerprint density at radius 1 is 1.39 bits per heavy atom. The van der Waals surface area contributed by atoms with Crippen LogP contribution in [0, 0.1) is 11.8 Å². The van der Waals surface area contributed by atoms with Crippen LogP contribution < -0.4 is 5.32 Å². The number of nitrogens with one attached hydrogen (secondary N) is 1. The van der Waals surface area contributed by atoms with Gasteiger partial charge in [0.05, 0.1) is 6.04 Å². The predicted octanol–water partition coefficient (Wildman–Crippen LogP) is 4.31. The van der Waals surface area contributed by atoms with Gasteiger partial charge in [-0.1, -0.05) is 43.6 Å². The molecule has 1 aromatic rings. The first-order valence-electron chi connectivity index (χ1n) is 8.21. The quantitative estimate of drug-likeness (QED) is 0.821. The fraction of sp³-hybridized carbons (Fsp3) is 0.611. The fourth-order valence-corrected chi connectivity index (χ4v) is 3.60. The second-order valence-corrected chi connectivity index (χ2v) is 7.02. The van der Waals surface area contributed by atoms with Gasteiger partial charge in [-0.3, -0.25) is 4.79 Å². The molecule has 130 valence electrons. The van der Waals surface area contributed by atoms with Crippen LogP contribution in [-0.2, 0) is 4.79 Å². The number of halogens is 2. The lowest BCUT2D eigenvalue weighted by molar-refractivity contribution is -0.133. The van der Waals surface area contributed by atoms with Gasteiger partial charge in [0, 0.05) is 18.5 Å². The molecule has 23 heavy (non-hydrogen) atoms. The third-order valence-electron chi connectivity index (χ3n) is 4.59. The Labute approximate surface area is 151 Å². The zero-order valence-electron chi connectivity index (χ0n) is 14.2. The van der Waals surface area contributed by atoms with Crippen molar-refractivity contribution < 1.29 is 4.79 Å². The van der Waals surface area contributed by atoms with E-state index in [9.17, 15) is 4.79 Å². The molecule has 1 aliphatic rings. The van der Waals surface area contributed by atoms with Gasteiger partial charge in [-0.2, -0.15) is 0 Å². The van der Waals surface area contributed by atoms with Crippen molar-refractivity contribution in [3.63, 3.8) is 0 Å². The van der Waals surface area contributed by atoms with E-state index in [-0.39, 0.29) is 24.4 Å². The highest BCUT2D eigenvalue weighted by molar-refractivity contribution is 6.31. The first kappa shape index (κ1) is 20.3. The molecule has 0 spiro atoms. The Morgan fingerprint density at radius 3 is 2.65 bits per heavy atom. The molecule has 0 aromatic heterocycles. The van der Waals surface area contributed by atoms with Crippen molar-refractivity contribution in [3.8, 4) is 0 Å². The van der Waals surface area contributed by atoms with E-state index in [2.05, 4.69) is 19.2 Å². The molecule has 0 bridgehead atoms. The van der Waals surface area contributed by atoms with E-state index < -0.39 is 0 Å². The first-order chi connectivity index (χ1) is 10.5. The minimum absolute atomic E-state index is 0. The molecule has 0 aliphatic carbocycles. The van der Waals surface area contributed by atoms with Crippen LogP contribution in [0.15, 0.2) is 24.3 Å². The maximum absolute atomic E-state index is 12.6. The summed E-state index contributed by atoms with van der Waals surface area (Å²) < 4.78 is 0. The van der Waals surface area contributed by atoms with E-state index in [0.717, 1.165) is 30.1 Å². The average molecular weight is 359 g/mol. The zero-order valence-corrected chi connectivity index (χ0v) is 15.8. The highest BCUT2D eigenvalue weighted by Gasteiger charge is 2.27. The van der Waals surface area contributed by atoms with Crippen molar-refractivity contribution in [2.45, 2.75) is 39.2 Å². The summed E-state index contributed by atoms with van der Waals surface area (Å²) in [5.74, 6) is 1.18. The number of rotatable bonds is 6. The summed E-state index contributed by atoms with van der Waals surface area (Å²) in [5.41, 5.74) is 1.04. The molecule has 1 N–H and O–H groups in total. The standard InChI is InChI=1S/C18H27ClN2O.ClH/c1-13(2)18(15-6-4-5-7-16(15)19)21(3)17(22)9-8-14-10-11-20-12-14;/h4-7,13-14,18,20H,8-12H2,1-3H3;1H. The molecule has 1 aromatic carbocycles. The van der Waals surface area contributed by atoms with E-state index in [4.69, 9.17) is 11.6 Å². The summed E-state index contributed by atoms with van der Waals surface area (Å²) in [4.78, 5) is 14.5. The molecule has 5 heteroatoms. The normalized spacial score (nSPS) is 18.6. The summed E-state index contributed by atoms with van der Waals surface area (Å²) >= 11 is 6.35. The number of benzene rings is 1. The van der Waals surface area contributed by atoms with Crippen LogP contribution in [-0.4, -0.2) is 30.9 Å². The van der Waals surface area contributed by atoms with Gasteiger partial charge in [-0.15, -0.1) is 12.4 Å². The third kappa shape index (κ3) is 5.37. The molecule has 2 rings (SSSR count). The second-order valence-electron chi connectivity index (χ2n) is 6.61. The Kier molecular flexibility index (Phi) is 8.38. The van der Waals surface area contributed by atoms with E-state index in [0.29, 0.717) is 18.3 Å². The van der Waals surface area contributed by atoms with Crippen LogP contribution in [0.2, 0.25) is 5.02 Å². The predicted molar refractivity (Wildman–Crippen MR) is 99.3 cm³/mol. The maximum Gasteiger partial charge on any atom is 0.222 e. The topological polar surface area (TPSA) is 32.3 Å². The first-order valence-corrected chi connectivity index (χ1v) is 8.59. The minimum atomic E-state index is 0. The van der Waals surface area contributed by atoms with Gasteiger partial charge in [0.15, 0.2) is 0 Å². The van der Waals surface area contributed by atoms with Gasteiger partial charge < -0.3 is 10.2 Å². The SMILES string of the molecule is CC(C)C(c1ccccc1Cl)N(C)C(=O)CCC1CCNC1.Cl. The summed E-state index contributed by atoms with van der Waals surface area (Å²) in [6, 6.07) is 7.87. The fourth-order valence-electron chi connectivity index (χ4n) is 3.35. The van der Waals surface area contributed by atoms with Gasteiger partial charge in [0.2, 0.25) is 5.91 Å². The van der Waals surface area contributed by atoms with Gasteiger partial charge in [0.25, 0.3) is 0 Å². The molecular weight excluding hydrogens is 331 g/mol. The molecule has 2 atom stereocenters. The average Bonchev–Trinajstić information content (AvgIpc) is 3.00. The molecule has 0 saturated carbocycles. The summed E-state index contributed by atoms with van der Waals surface area (Å²) in [6.07, 6.45) is 2.79. The van der Waals surface area contributed by atoms with Gasteiger partial charge in [0.1, 0.15) is 0 Å². The summed E-state index contributed by atoms with van der Waals surface area (Å²) in [7, 11) is 1.91.